The second kappa shape index (κ2) is 7.78. The van der Waals surface area contributed by atoms with Crippen LogP contribution in [0, 0.1) is 5.92 Å². The summed E-state index contributed by atoms with van der Waals surface area (Å²) >= 11 is 0. The van der Waals surface area contributed by atoms with E-state index in [0.717, 1.165) is 38.8 Å². The Balaban J connectivity index is 1.78. The van der Waals surface area contributed by atoms with E-state index in [1.807, 2.05) is 22.8 Å². The molecule has 0 N–H and O–H groups in total. The topological polar surface area (TPSA) is 70.1 Å². The first-order chi connectivity index (χ1) is 12.5. The summed E-state index contributed by atoms with van der Waals surface area (Å²) in [6.07, 6.45) is 3.78. The summed E-state index contributed by atoms with van der Waals surface area (Å²) in [7, 11) is -3.62. The van der Waals surface area contributed by atoms with E-state index in [9.17, 15) is 13.2 Å². The Labute approximate surface area is 156 Å². The SMILES string of the molecule is CCCCN(CC)C(=O)C1CCCN(C2=NS(=O)(=O)c3ccccc32)C1. The molecule has 0 aliphatic carbocycles. The predicted octanol–water partition coefficient (Wildman–Crippen LogP) is 2.50. The van der Waals surface area contributed by atoms with Gasteiger partial charge in [-0.25, -0.2) is 0 Å². The number of fused-ring (bicyclic) bond motifs is 1. The smallest absolute Gasteiger partial charge is 0.285 e. The second-order valence-electron chi connectivity index (χ2n) is 6.94. The zero-order valence-corrected chi connectivity index (χ0v) is 16.3. The van der Waals surface area contributed by atoms with Crippen molar-refractivity contribution in [2.75, 3.05) is 26.2 Å². The Kier molecular flexibility index (Phi) is 5.65. The van der Waals surface area contributed by atoms with Gasteiger partial charge < -0.3 is 9.80 Å². The number of likely N-dealkylation sites (tertiary alicyclic amines) is 1. The number of sulfonamides is 1. The van der Waals surface area contributed by atoms with Crippen LogP contribution in [-0.2, 0) is 14.8 Å². The van der Waals surface area contributed by atoms with Crippen molar-refractivity contribution >= 4 is 21.8 Å². The van der Waals surface area contributed by atoms with Crippen molar-refractivity contribution in [2.45, 2.75) is 44.4 Å². The lowest BCUT2D eigenvalue weighted by Gasteiger charge is -2.35. The molecule has 1 unspecified atom stereocenters. The van der Waals surface area contributed by atoms with Gasteiger partial charge in [0.2, 0.25) is 5.91 Å². The molecule has 2 aliphatic rings. The first kappa shape index (κ1) is 18.9. The maximum absolute atomic E-state index is 12.9. The molecule has 0 bridgehead atoms. The van der Waals surface area contributed by atoms with Crippen molar-refractivity contribution in [3.8, 4) is 0 Å². The van der Waals surface area contributed by atoms with E-state index in [1.165, 1.54) is 0 Å². The fourth-order valence-electron chi connectivity index (χ4n) is 3.72. The highest BCUT2D eigenvalue weighted by molar-refractivity contribution is 7.90. The van der Waals surface area contributed by atoms with Crippen LogP contribution in [-0.4, -0.2) is 56.1 Å². The molecular formula is C19H27N3O3S. The summed E-state index contributed by atoms with van der Waals surface area (Å²) in [6.45, 7) is 6.90. The Hall–Kier alpha value is -1.89. The van der Waals surface area contributed by atoms with Crippen LogP contribution in [0.4, 0.5) is 0 Å². The summed E-state index contributed by atoms with van der Waals surface area (Å²) in [5.74, 6) is 0.578. The number of unbranched alkanes of at least 4 members (excludes halogenated alkanes) is 1. The van der Waals surface area contributed by atoms with Gasteiger partial charge in [0.15, 0.2) is 5.84 Å². The van der Waals surface area contributed by atoms with Crippen LogP contribution in [0.2, 0.25) is 0 Å². The second-order valence-corrected chi connectivity index (χ2v) is 8.52. The Bertz CT molecular complexity index is 804. The first-order valence-corrected chi connectivity index (χ1v) is 10.9. The highest BCUT2D eigenvalue weighted by Gasteiger charge is 2.35. The standard InChI is InChI=1S/C19H27N3O3S/c1-3-5-12-21(4-2)19(23)15-9-8-13-22(14-15)18-16-10-6-7-11-17(16)26(24,25)20-18/h6-7,10-11,15H,3-5,8-9,12-14H2,1-2H3. The van der Waals surface area contributed by atoms with Gasteiger partial charge in [-0.3, -0.25) is 4.79 Å². The predicted molar refractivity (Wildman–Crippen MR) is 102 cm³/mol. The minimum Gasteiger partial charge on any atom is -0.355 e. The summed E-state index contributed by atoms with van der Waals surface area (Å²) < 4.78 is 28.6. The van der Waals surface area contributed by atoms with Crippen LogP contribution in [0.5, 0.6) is 0 Å². The molecule has 1 aromatic carbocycles. The van der Waals surface area contributed by atoms with Crippen LogP contribution >= 0.6 is 0 Å². The number of piperidine rings is 1. The number of carbonyl (C=O) groups is 1. The van der Waals surface area contributed by atoms with Crippen LogP contribution in [0.3, 0.4) is 0 Å². The average Bonchev–Trinajstić information content (AvgIpc) is 2.94. The molecule has 142 valence electrons. The van der Waals surface area contributed by atoms with E-state index in [-0.39, 0.29) is 16.7 Å². The van der Waals surface area contributed by atoms with Crippen molar-refractivity contribution < 1.29 is 13.2 Å². The zero-order chi connectivity index (χ0) is 18.7. The van der Waals surface area contributed by atoms with E-state index in [2.05, 4.69) is 11.3 Å². The first-order valence-electron chi connectivity index (χ1n) is 9.46. The summed E-state index contributed by atoms with van der Waals surface area (Å²) in [4.78, 5) is 17.1. The fourth-order valence-corrected chi connectivity index (χ4v) is 4.95. The monoisotopic (exact) mass is 377 g/mol. The van der Waals surface area contributed by atoms with Gasteiger partial charge in [-0.15, -0.1) is 4.40 Å². The molecular weight excluding hydrogens is 350 g/mol. The number of nitrogens with zero attached hydrogens (tertiary/aromatic N) is 3. The van der Waals surface area contributed by atoms with Gasteiger partial charge in [-0.2, -0.15) is 8.42 Å². The quantitative estimate of drug-likeness (QED) is 0.790. The highest BCUT2D eigenvalue weighted by atomic mass is 32.2. The fraction of sp³-hybridized carbons (Fsp3) is 0.579. The molecule has 0 radical (unpaired) electrons. The molecule has 1 aromatic rings. The zero-order valence-electron chi connectivity index (χ0n) is 15.5. The van der Waals surface area contributed by atoms with E-state index >= 15 is 0 Å². The van der Waals surface area contributed by atoms with Gasteiger partial charge >= 0.3 is 0 Å². The lowest BCUT2D eigenvalue weighted by Crippen LogP contribution is -2.47. The number of hydrogen-bond donors (Lipinski definition) is 0. The van der Waals surface area contributed by atoms with Crippen LogP contribution in [0.1, 0.15) is 45.1 Å². The summed E-state index contributed by atoms with van der Waals surface area (Å²) in [5, 5.41) is 0. The molecule has 0 saturated carbocycles. The summed E-state index contributed by atoms with van der Waals surface area (Å²) in [6, 6.07) is 6.93. The van der Waals surface area contributed by atoms with Crippen LogP contribution in [0.15, 0.2) is 33.6 Å². The molecule has 7 heteroatoms. The van der Waals surface area contributed by atoms with Gasteiger partial charge in [0.25, 0.3) is 10.0 Å². The van der Waals surface area contributed by atoms with E-state index in [4.69, 9.17) is 0 Å². The lowest BCUT2D eigenvalue weighted by atomic mass is 9.95. The largest absolute Gasteiger partial charge is 0.355 e. The molecule has 1 saturated heterocycles. The Morgan fingerprint density at radius 1 is 1.31 bits per heavy atom. The Morgan fingerprint density at radius 2 is 2.08 bits per heavy atom. The number of amidine groups is 1. The third kappa shape index (κ3) is 3.63. The molecule has 2 heterocycles. The minimum atomic E-state index is -3.62. The number of benzene rings is 1. The molecule has 0 aromatic heterocycles. The molecule has 1 fully saturated rings. The number of carbonyl (C=O) groups excluding carboxylic acids is 1. The van der Waals surface area contributed by atoms with Gasteiger partial charge in [0.1, 0.15) is 4.90 Å². The van der Waals surface area contributed by atoms with E-state index < -0.39 is 10.0 Å². The number of hydrogen-bond acceptors (Lipinski definition) is 4. The molecule has 2 aliphatic heterocycles. The lowest BCUT2D eigenvalue weighted by molar-refractivity contribution is -0.136. The molecule has 6 nitrogen and oxygen atoms in total. The van der Waals surface area contributed by atoms with Crippen molar-refractivity contribution in [3.63, 3.8) is 0 Å². The summed E-state index contributed by atoms with van der Waals surface area (Å²) in [5.41, 5.74) is 0.652. The van der Waals surface area contributed by atoms with Crippen molar-refractivity contribution in [1.82, 2.24) is 9.80 Å². The van der Waals surface area contributed by atoms with Gasteiger partial charge in [-0.05, 0) is 38.3 Å². The van der Waals surface area contributed by atoms with Crippen molar-refractivity contribution in [2.24, 2.45) is 10.3 Å². The third-order valence-corrected chi connectivity index (χ3v) is 6.48. The normalized spacial score (nSPS) is 21.2. The van der Waals surface area contributed by atoms with Crippen LogP contribution in [0.25, 0.3) is 0 Å². The minimum absolute atomic E-state index is 0.0984. The Morgan fingerprint density at radius 3 is 2.81 bits per heavy atom. The molecule has 26 heavy (non-hydrogen) atoms. The van der Waals surface area contributed by atoms with Crippen LogP contribution < -0.4 is 0 Å². The average molecular weight is 378 g/mol. The van der Waals surface area contributed by atoms with Gasteiger partial charge in [-0.1, -0.05) is 25.5 Å². The van der Waals surface area contributed by atoms with Crippen molar-refractivity contribution in [1.29, 1.82) is 0 Å². The van der Waals surface area contributed by atoms with Gasteiger partial charge in [0.05, 0.1) is 5.92 Å². The highest BCUT2D eigenvalue weighted by Crippen LogP contribution is 2.30. The number of amides is 1. The maximum Gasteiger partial charge on any atom is 0.285 e. The van der Waals surface area contributed by atoms with E-state index in [0.29, 0.717) is 24.5 Å². The van der Waals surface area contributed by atoms with E-state index in [1.54, 1.807) is 18.2 Å². The molecule has 1 atom stereocenters. The molecule has 0 spiro atoms. The van der Waals surface area contributed by atoms with Gasteiger partial charge in [0, 0.05) is 31.7 Å². The molecule has 1 amide bonds. The van der Waals surface area contributed by atoms with Crippen molar-refractivity contribution in [3.05, 3.63) is 29.8 Å². The number of rotatable bonds is 5. The third-order valence-electron chi connectivity index (χ3n) is 5.16. The molecule has 3 rings (SSSR count). The maximum atomic E-state index is 12.9.